The molecule has 0 amide bonds. The van der Waals surface area contributed by atoms with Crippen molar-refractivity contribution in [2.45, 2.75) is 19.1 Å². The van der Waals surface area contributed by atoms with Crippen LogP contribution in [0, 0.1) is 0 Å². The Kier molecular flexibility index (Phi) is 1.48. The summed E-state index contributed by atoms with van der Waals surface area (Å²) in [6.07, 6.45) is 0.0175. The van der Waals surface area contributed by atoms with Gasteiger partial charge in [-0.15, -0.1) is 0 Å². The first-order valence-corrected chi connectivity index (χ1v) is 2.49. The van der Waals surface area contributed by atoms with Crippen LogP contribution in [0.2, 0.25) is 0 Å². The van der Waals surface area contributed by atoms with Gasteiger partial charge in [-0.25, -0.2) is 4.79 Å². The van der Waals surface area contributed by atoms with Gasteiger partial charge in [0.1, 0.15) is 12.2 Å². The van der Waals surface area contributed by atoms with Gasteiger partial charge in [0.25, 0.3) is 0 Å². The summed E-state index contributed by atoms with van der Waals surface area (Å²) in [5.41, 5.74) is 0. The Bertz CT molecular complexity index is 87.7. The molecule has 0 aromatic carbocycles. The molecule has 0 aromatic rings. The van der Waals surface area contributed by atoms with Crippen LogP contribution in [0.15, 0.2) is 0 Å². The Hall–Kier alpha value is -0.570. The van der Waals surface area contributed by atoms with E-state index in [0.717, 1.165) is 0 Å². The second-order valence-electron chi connectivity index (χ2n) is 1.78. The van der Waals surface area contributed by atoms with Crippen molar-refractivity contribution in [1.29, 1.82) is 0 Å². The SMILES string of the molecule is CC(O[C]=O)C1CO1. The molecule has 0 aromatic heterocycles. The summed E-state index contributed by atoms with van der Waals surface area (Å²) in [7, 11) is 0. The van der Waals surface area contributed by atoms with Gasteiger partial charge in [-0.3, -0.25) is 0 Å². The van der Waals surface area contributed by atoms with Crippen LogP contribution in [0.25, 0.3) is 0 Å². The summed E-state index contributed by atoms with van der Waals surface area (Å²) < 4.78 is 9.25. The van der Waals surface area contributed by atoms with Crippen LogP contribution in [0.1, 0.15) is 6.92 Å². The normalized spacial score (nSPS) is 28.9. The second-order valence-corrected chi connectivity index (χ2v) is 1.78. The lowest BCUT2D eigenvalue weighted by atomic mass is 10.3. The fourth-order valence-corrected chi connectivity index (χ4v) is 0.478. The molecule has 2 unspecified atom stereocenters. The highest BCUT2D eigenvalue weighted by molar-refractivity contribution is 5.38. The van der Waals surface area contributed by atoms with Crippen LogP contribution in [0.4, 0.5) is 0 Å². The van der Waals surface area contributed by atoms with Gasteiger partial charge in [-0.05, 0) is 6.92 Å². The lowest BCUT2D eigenvalue weighted by Crippen LogP contribution is -2.13. The molecule has 1 rings (SSSR count). The number of carbonyl (C=O) groups excluding carboxylic acids is 1. The molecular weight excluding hydrogens is 108 g/mol. The van der Waals surface area contributed by atoms with Gasteiger partial charge in [0.2, 0.25) is 0 Å². The molecule has 45 valence electrons. The summed E-state index contributed by atoms with van der Waals surface area (Å²) in [5, 5.41) is 0. The van der Waals surface area contributed by atoms with Crippen molar-refractivity contribution in [3.63, 3.8) is 0 Å². The van der Waals surface area contributed by atoms with E-state index >= 15 is 0 Å². The first-order chi connectivity index (χ1) is 3.84. The summed E-state index contributed by atoms with van der Waals surface area (Å²) in [6.45, 7) is 3.85. The van der Waals surface area contributed by atoms with Crippen molar-refractivity contribution in [1.82, 2.24) is 0 Å². The molecule has 1 fully saturated rings. The highest BCUT2D eigenvalue weighted by Gasteiger charge is 2.30. The monoisotopic (exact) mass is 115 g/mol. The smallest absolute Gasteiger partial charge is 0.417 e. The maximum absolute atomic E-state index is 9.54. The highest BCUT2D eigenvalue weighted by Crippen LogP contribution is 2.15. The zero-order chi connectivity index (χ0) is 5.98. The maximum Gasteiger partial charge on any atom is 0.417 e. The van der Waals surface area contributed by atoms with Crippen LogP contribution < -0.4 is 0 Å². The summed E-state index contributed by atoms with van der Waals surface area (Å²) in [5.74, 6) is 0. The number of epoxide rings is 1. The predicted molar refractivity (Wildman–Crippen MR) is 26.0 cm³/mol. The fourth-order valence-electron chi connectivity index (χ4n) is 0.478. The van der Waals surface area contributed by atoms with Gasteiger partial charge < -0.3 is 9.47 Å². The van der Waals surface area contributed by atoms with E-state index in [4.69, 9.17) is 4.74 Å². The standard InChI is InChI=1S/C5H7O3/c1-4(8-3-6)5-2-7-5/h4-5H,2H2,1H3. The van der Waals surface area contributed by atoms with Gasteiger partial charge in [-0.1, -0.05) is 0 Å². The van der Waals surface area contributed by atoms with Crippen LogP contribution in [-0.4, -0.2) is 25.3 Å². The van der Waals surface area contributed by atoms with Crippen LogP contribution >= 0.6 is 0 Å². The van der Waals surface area contributed by atoms with E-state index in [1.807, 2.05) is 0 Å². The molecule has 3 nitrogen and oxygen atoms in total. The molecule has 0 aliphatic carbocycles. The predicted octanol–water partition coefficient (Wildman–Crippen LogP) is -0.143. The van der Waals surface area contributed by atoms with Crippen molar-refractivity contribution >= 4 is 6.47 Å². The average Bonchev–Trinajstić information content (AvgIpc) is 2.45. The number of ether oxygens (including phenoxy) is 2. The zero-order valence-electron chi connectivity index (χ0n) is 4.59. The molecule has 0 saturated carbocycles. The topological polar surface area (TPSA) is 38.8 Å². The van der Waals surface area contributed by atoms with Crippen LogP contribution in [0.3, 0.4) is 0 Å². The van der Waals surface area contributed by atoms with E-state index in [-0.39, 0.29) is 12.2 Å². The minimum absolute atomic E-state index is 0.118. The van der Waals surface area contributed by atoms with Gasteiger partial charge in [-0.2, -0.15) is 0 Å². The fraction of sp³-hybridized carbons (Fsp3) is 0.800. The van der Waals surface area contributed by atoms with E-state index in [9.17, 15) is 4.79 Å². The molecule has 1 aliphatic heterocycles. The van der Waals surface area contributed by atoms with Crippen LogP contribution in [-0.2, 0) is 14.3 Å². The molecule has 0 spiro atoms. The van der Waals surface area contributed by atoms with Gasteiger partial charge in [0.05, 0.1) is 6.61 Å². The largest absolute Gasteiger partial charge is 0.451 e. The van der Waals surface area contributed by atoms with Crippen LogP contribution in [0.5, 0.6) is 0 Å². The summed E-state index contributed by atoms with van der Waals surface area (Å²) in [6, 6.07) is 0. The number of hydrogen-bond acceptors (Lipinski definition) is 3. The molecule has 1 saturated heterocycles. The molecule has 1 radical (unpaired) electrons. The molecule has 8 heavy (non-hydrogen) atoms. The third kappa shape index (κ3) is 1.20. The number of rotatable bonds is 3. The third-order valence-corrected chi connectivity index (χ3v) is 1.12. The Morgan fingerprint density at radius 1 is 2.00 bits per heavy atom. The quantitative estimate of drug-likeness (QED) is 0.480. The molecule has 3 heteroatoms. The Morgan fingerprint density at radius 3 is 3.00 bits per heavy atom. The van der Waals surface area contributed by atoms with E-state index < -0.39 is 0 Å². The minimum Gasteiger partial charge on any atom is -0.451 e. The Morgan fingerprint density at radius 2 is 2.62 bits per heavy atom. The number of hydrogen-bond donors (Lipinski definition) is 0. The summed E-state index contributed by atoms with van der Waals surface area (Å²) in [4.78, 5) is 9.54. The molecule has 1 heterocycles. The van der Waals surface area contributed by atoms with Crippen molar-refractivity contribution in [3.05, 3.63) is 0 Å². The van der Waals surface area contributed by atoms with E-state index in [1.165, 1.54) is 6.47 Å². The zero-order valence-corrected chi connectivity index (χ0v) is 4.59. The van der Waals surface area contributed by atoms with E-state index in [1.54, 1.807) is 6.92 Å². The third-order valence-electron chi connectivity index (χ3n) is 1.12. The van der Waals surface area contributed by atoms with E-state index in [0.29, 0.717) is 6.61 Å². The molecule has 1 aliphatic rings. The molecular formula is C5H7O3. The summed E-state index contributed by atoms with van der Waals surface area (Å²) >= 11 is 0. The second kappa shape index (κ2) is 2.13. The van der Waals surface area contributed by atoms with Crippen molar-refractivity contribution in [3.8, 4) is 0 Å². The lowest BCUT2D eigenvalue weighted by Gasteiger charge is -2.00. The van der Waals surface area contributed by atoms with Gasteiger partial charge in [0.15, 0.2) is 0 Å². The van der Waals surface area contributed by atoms with E-state index in [2.05, 4.69) is 4.74 Å². The van der Waals surface area contributed by atoms with Crippen molar-refractivity contribution < 1.29 is 14.3 Å². The van der Waals surface area contributed by atoms with Crippen molar-refractivity contribution in [2.24, 2.45) is 0 Å². The first-order valence-electron chi connectivity index (χ1n) is 2.49. The lowest BCUT2D eigenvalue weighted by molar-refractivity contribution is 0.156. The minimum atomic E-state index is -0.118. The highest BCUT2D eigenvalue weighted by atomic mass is 16.6. The van der Waals surface area contributed by atoms with Gasteiger partial charge >= 0.3 is 6.47 Å². The molecule has 0 N–H and O–H groups in total. The Balaban J connectivity index is 2.12. The van der Waals surface area contributed by atoms with Gasteiger partial charge in [0, 0.05) is 0 Å². The molecule has 2 atom stereocenters. The van der Waals surface area contributed by atoms with Crippen molar-refractivity contribution in [2.75, 3.05) is 6.61 Å². The average molecular weight is 115 g/mol. The molecule has 0 bridgehead atoms. The Labute approximate surface area is 47.6 Å². The maximum atomic E-state index is 9.54. The first kappa shape index (κ1) is 5.56.